The fourth-order valence-electron chi connectivity index (χ4n) is 3.38. The van der Waals surface area contributed by atoms with Crippen molar-refractivity contribution in [1.82, 2.24) is 10.2 Å². The number of carbonyl (C=O) groups is 1. The number of rotatable bonds is 10. The van der Waals surface area contributed by atoms with E-state index in [9.17, 15) is 4.79 Å². The fraction of sp³-hybridized carbons (Fsp3) is 0.944. The maximum Gasteiger partial charge on any atom is 0.228 e. The predicted octanol–water partition coefficient (Wildman–Crippen LogP) is 3.98. The van der Waals surface area contributed by atoms with Crippen LogP contribution in [0.1, 0.15) is 78.6 Å². The third-order valence-corrected chi connectivity index (χ3v) is 5.04. The maximum absolute atomic E-state index is 13.1. The molecule has 0 aliphatic carbocycles. The van der Waals surface area contributed by atoms with Gasteiger partial charge in [-0.05, 0) is 45.2 Å². The number of nitrogens with one attached hydrogen (secondary N) is 1. The Labute approximate surface area is 131 Å². The zero-order chi connectivity index (χ0) is 15.6. The normalized spacial score (nSPS) is 17.7. The highest BCUT2D eigenvalue weighted by Crippen LogP contribution is 2.35. The SMILES string of the molecule is CCCCCN(CCCCC)C(=O)C1(CC)CCNCC1. The van der Waals surface area contributed by atoms with Gasteiger partial charge in [0.1, 0.15) is 0 Å². The van der Waals surface area contributed by atoms with E-state index in [0.29, 0.717) is 5.91 Å². The molecule has 1 aliphatic heterocycles. The summed E-state index contributed by atoms with van der Waals surface area (Å²) in [5.74, 6) is 0.443. The molecule has 3 heteroatoms. The second-order valence-electron chi connectivity index (χ2n) is 6.59. The Morgan fingerprint density at radius 1 is 0.952 bits per heavy atom. The van der Waals surface area contributed by atoms with Crippen LogP contribution in [0, 0.1) is 5.41 Å². The molecule has 1 heterocycles. The van der Waals surface area contributed by atoms with Crippen LogP contribution in [-0.4, -0.2) is 37.0 Å². The molecular formula is C18H36N2O. The first-order valence-corrected chi connectivity index (χ1v) is 9.20. The molecular weight excluding hydrogens is 260 g/mol. The zero-order valence-electron chi connectivity index (χ0n) is 14.5. The van der Waals surface area contributed by atoms with Crippen molar-refractivity contribution in [3.05, 3.63) is 0 Å². The quantitative estimate of drug-likeness (QED) is 0.619. The molecule has 0 unspecified atom stereocenters. The lowest BCUT2D eigenvalue weighted by Gasteiger charge is -2.39. The van der Waals surface area contributed by atoms with Crippen molar-refractivity contribution in [3.8, 4) is 0 Å². The minimum Gasteiger partial charge on any atom is -0.342 e. The second kappa shape index (κ2) is 10.2. The Hall–Kier alpha value is -0.570. The summed E-state index contributed by atoms with van der Waals surface area (Å²) in [6.07, 6.45) is 10.3. The summed E-state index contributed by atoms with van der Waals surface area (Å²) in [6, 6.07) is 0. The molecule has 1 aliphatic rings. The Bertz CT molecular complexity index is 275. The highest BCUT2D eigenvalue weighted by Gasteiger charge is 2.40. The molecule has 1 fully saturated rings. The van der Waals surface area contributed by atoms with Crippen molar-refractivity contribution in [2.24, 2.45) is 5.41 Å². The number of amides is 1. The average Bonchev–Trinajstić information content (AvgIpc) is 2.53. The molecule has 0 bridgehead atoms. The standard InChI is InChI=1S/C18H36N2O/c1-4-7-9-15-20(16-10-8-5-2)17(21)18(6-3)11-13-19-14-12-18/h19H,4-16H2,1-3H3. The number of piperidine rings is 1. The van der Waals surface area contributed by atoms with Crippen molar-refractivity contribution < 1.29 is 4.79 Å². The van der Waals surface area contributed by atoms with E-state index in [4.69, 9.17) is 0 Å². The van der Waals surface area contributed by atoms with Crippen molar-refractivity contribution in [2.75, 3.05) is 26.2 Å². The van der Waals surface area contributed by atoms with Crippen LogP contribution < -0.4 is 5.32 Å². The molecule has 1 amide bonds. The van der Waals surface area contributed by atoms with Gasteiger partial charge in [-0.25, -0.2) is 0 Å². The molecule has 0 aromatic rings. The van der Waals surface area contributed by atoms with Crippen molar-refractivity contribution in [2.45, 2.75) is 78.6 Å². The van der Waals surface area contributed by atoms with Crippen molar-refractivity contribution in [1.29, 1.82) is 0 Å². The van der Waals surface area contributed by atoms with Gasteiger partial charge in [-0.15, -0.1) is 0 Å². The second-order valence-corrected chi connectivity index (χ2v) is 6.59. The molecule has 0 aromatic heterocycles. The molecule has 1 saturated heterocycles. The summed E-state index contributed by atoms with van der Waals surface area (Å²) in [5.41, 5.74) is -0.0797. The molecule has 0 spiro atoms. The van der Waals surface area contributed by atoms with Crippen LogP contribution in [0.3, 0.4) is 0 Å². The van der Waals surface area contributed by atoms with Gasteiger partial charge < -0.3 is 10.2 Å². The van der Waals surface area contributed by atoms with Gasteiger partial charge in [0.15, 0.2) is 0 Å². The van der Waals surface area contributed by atoms with E-state index in [2.05, 4.69) is 31.0 Å². The van der Waals surface area contributed by atoms with Crippen molar-refractivity contribution >= 4 is 5.91 Å². The van der Waals surface area contributed by atoms with Gasteiger partial charge in [-0.3, -0.25) is 4.79 Å². The average molecular weight is 296 g/mol. The summed E-state index contributed by atoms with van der Waals surface area (Å²) in [5, 5.41) is 3.40. The Morgan fingerprint density at radius 3 is 1.90 bits per heavy atom. The first-order chi connectivity index (χ1) is 10.2. The smallest absolute Gasteiger partial charge is 0.228 e. The van der Waals surface area contributed by atoms with Crippen LogP contribution in [0.4, 0.5) is 0 Å². The van der Waals surface area contributed by atoms with Gasteiger partial charge in [-0.1, -0.05) is 46.5 Å². The van der Waals surface area contributed by atoms with Gasteiger partial charge in [-0.2, -0.15) is 0 Å². The van der Waals surface area contributed by atoms with Crippen LogP contribution in [-0.2, 0) is 4.79 Å². The highest BCUT2D eigenvalue weighted by atomic mass is 16.2. The lowest BCUT2D eigenvalue weighted by atomic mass is 9.75. The zero-order valence-corrected chi connectivity index (χ0v) is 14.5. The van der Waals surface area contributed by atoms with Crippen LogP contribution in [0.5, 0.6) is 0 Å². The third kappa shape index (κ3) is 5.61. The molecule has 0 saturated carbocycles. The van der Waals surface area contributed by atoms with Gasteiger partial charge in [0.25, 0.3) is 0 Å². The van der Waals surface area contributed by atoms with E-state index < -0.39 is 0 Å². The number of hydrogen-bond acceptors (Lipinski definition) is 2. The molecule has 0 atom stereocenters. The van der Waals surface area contributed by atoms with Gasteiger partial charge in [0, 0.05) is 13.1 Å². The third-order valence-electron chi connectivity index (χ3n) is 5.04. The number of nitrogens with zero attached hydrogens (tertiary/aromatic N) is 1. The maximum atomic E-state index is 13.1. The summed E-state index contributed by atoms with van der Waals surface area (Å²) in [4.78, 5) is 15.3. The summed E-state index contributed by atoms with van der Waals surface area (Å²) in [7, 11) is 0. The summed E-state index contributed by atoms with van der Waals surface area (Å²) < 4.78 is 0. The van der Waals surface area contributed by atoms with Gasteiger partial charge >= 0.3 is 0 Å². The number of hydrogen-bond donors (Lipinski definition) is 1. The first-order valence-electron chi connectivity index (χ1n) is 9.20. The van der Waals surface area contributed by atoms with Crippen molar-refractivity contribution in [3.63, 3.8) is 0 Å². The number of unbranched alkanes of at least 4 members (excludes halogenated alkanes) is 4. The number of carbonyl (C=O) groups excluding carboxylic acids is 1. The van der Waals surface area contributed by atoms with Gasteiger partial charge in [0.05, 0.1) is 5.41 Å². The minimum absolute atomic E-state index is 0.0797. The van der Waals surface area contributed by atoms with E-state index in [0.717, 1.165) is 58.3 Å². The van der Waals surface area contributed by atoms with E-state index in [1.54, 1.807) is 0 Å². The Kier molecular flexibility index (Phi) is 8.98. The molecule has 1 N–H and O–H groups in total. The lowest BCUT2D eigenvalue weighted by molar-refractivity contribution is -0.144. The topological polar surface area (TPSA) is 32.3 Å². The van der Waals surface area contributed by atoms with E-state index in [1.165, 1.54) is 25.7 Å². The Morgan fingerprint density at radius 2 is 1.48 bits per heavy atom. The van der Waals surface area contributed by atoms with E-state index in [1.807, 2.05) is 0 Å². The molecule has 21 heavy (non-hydrogen) atoms. The molecule has 124 valence electrons. The summed E-state index contributed by atoms with van der Waals surface area (Å²) >= 11 is 0. The van der Waals surface area contributed by atoms with Gasteiger partial charge in [0.2, 0.25) is 5.91 Å². The highest BCUT2D eigenvalue weighted by molar-refractivity contribution is 5.82. The molecule has 1 rings (SSSR count). The molecule has 0 aromatic carbocycles. The molecule has 3 nitrogen and oxygen atoms in total. The van der Waals surface area contributed by atoms with Crippen LogP contribution in [0.2, 0.25) is 0 Å². The largest absolute Gasteiger partial charge is 0.342 e. The van der Waals surface area contributed by atoms with Crippen LogP contribution >= 0.6 is 0 Å². The first kappa shape index (κ1) is 18.5. The minimum atomic E-state index is -0.0797. The lowest BCUT2D eigenvalue weighted by Crippen LogP contribution is -2.49. The van der Waals surface area contributed by atoms with E-state index in [-0.39, 0.29) is 5.41 Å². The van der Waals surface area contributed by atoms with E-state index >= 15 is 0 Å². The van der Waals surface area contributed by atoms with Crippen LogP contribution in [0.15, 0.2) is 0 Å². The molecule has 0 radical (unpaired) electrons. The predicted molar refractivity (Wildman–Crippen MR) is 90.5 cm³/mol. The van der Waals surface area contributed by atoms with Crippen LogP contribution in [0.25, 0.3) is 0 Å². The summed E-state index contributed by atoms with van der Waals surface area (Å²) in [6.45, 7) is 10.6. The fourth-order valence-corrected chi connectivity index (χ4v) is 3.38. The Balaban J connectivity index is 2.65. The monoisotopic (exact) mass is 296 g/mol.